The Morgan fingerprint density at radius 2 is 1.50 bits per heavy atom. The van der Waals surface area contributed by atoms with Crippen LogP contribution in [0.3, 0.4) is 0 Å². The number of hydrogen-bond acceptors (Lipinski definition) is 3. The minimum atomic E-state index is -1.37. The molecule has 2 unspecified atom stereocenters. The van der Waals surface area contributed by atoms with Crippen molar-refractivity contribution in [2.45, 2.75) is 32.6 Å². The Labute approximate surface area is 92.9 Å². The summed E-state index contributed by atoms with van der Waals surface area (Å²) in [4.78, 5) is 32.2. The average Bonchev–Trinajstić information content (AvgIpc) is 2.15. The lowest BCUT2D eigenvalue weighted by molar-refractivity contribution is -0.157. The fourth-order valence-electron chi connectivity index (χ4n) is 1.51. The van der Waals surface area contributed by atoms with Crippen molar-refractivity contribution in [3.05, 3.63) is 0 Å². The summed E-state index contributed by atoms with van der Waals surface area (Å²) in [6.07, 6.45) is 0.843. The fourth-order valence-corrected chi connectivity index (χ4v) is 1.51. The Morgan fingerprint density at radius 1 is 1.00 bits per heavy atom. The van der Waals surface area contributed by atoms with Crippen LogP contribution in [0.1, 0.15) is 32.6 Å². The molecule has 0 bridgehead atoms. The van der Waals surface area contributed by atoms with Crippen molar-refractivity contribution in [2.75, 3.05) is 0 Å². The quantitative estimate of drug-likeness (QED) is 0.576. The first kappa shape index (κ1) is 14.4. The Morgan fingerprint density at radius 3 is 1.81 bits per heavy atom. The standard InChI is InChI=1S/C10H16O6/c1-2-3-4-6(9(13)14)7(10(15)16)5-8(11)12/h6-7H,2-5H2,1H3,(H,11,12)(H,13,14)(H,15,16). The van der Waals surface area contributed by atoms with Crippen molar-refractivity contribution >= 4 is 17.9 Å². The molecule has 0 amide bonds. The molecule has 6 heteroatoms. The molecular formula is C10H16O6. The molecule has 0 saturated carbocycles. The van der Waals surface area contributed by atoms with Gasteiger partial charge < -0.3 is 15.3 Å². The van der Waals surface area contributed by atoms with Crippen LogP contribution < -0.4 is 0 Å². The van der Waals surface area contributed by atoms with Gasteiger partial charge in [-0.1, -0.05) is 19.8 Å². The molecule has 0 heterocycles. The van der Waals surface area contributed by atoms with Crippen LogP contribution in [0.2, 0.25) is 0 Å². The maximum absolute atomic E-state index is 10.9. The van der Waals surface area contributed by atoms with Crippen molar-refractivity contribution in [2.24, 2.45) is 11.8 Å². The summed E-state index contributed by atoms with van der Waals surface area (Å²) >= 11 is 0. The van der Waals surface area contributed by atoms with Gasteiger partial charge in [0.2, 0.25) is 0 Å². The second-order valence-electron chi connectivity index (χ2n) is 3.63. The molecular weight excluding hydrogens is 216 g/mol. The van der Waals surface area contributed by atoms with Crippen LogP contribution in [-0.2, 0) is 14.4 Å². The highest BCUT2D eigenvalue weighted by atomic mass is 16.4. The van der Waals surface area contributed by atoms with Crippen molar-refractivity contribution in [1.29, 1.82) is 0 Å². The normalized spacial score (nSPS) is 14.1. The molecule has 16 heavy (non-hydrogen) atoms. The topological polar surface area (TPSA) is 112 Å². The monoisotopic (exact) mass is 232 g/mol. The van der Waals surface area contributed by atoms with E-state index < -0.39 is 36.2 Å². The number of carboxylic acid groups (broad SMARTS) is 3. The number of rotatable bonds is 8. The first-order valence-corrected chi connectivity index (χ1v) is 5.07. The van der Waals surface area contributed by atoms with E-state index in [0.29, 0.717) is 6.42 Å². The van der Waals surface area contributed by atoms with E-state index in [1.807, 2.05) is 6.92 Å². The van der Waals surface area contributed by atoms with Gasteiger partial charge in [0.05, 0.1) is 18.3 Å². The predicted octanol–water partition coefficient (Wildman–Crippen LogP) is 1.05. The fraction of sp³-hybridized carbons (Fsp3) is 0.700. The SMILES string of the molecule is CCCCC(C(=O)O)C(CC(=O)O)C(=O)O. The highest BCUT2D eigenvalue weighted by Crippen LogP contribution is 2.22. The van der Waals surface area contributed by atoms with E-state index in [1.165, 1.54) is 0 Å². The van der Waals surface area contributed by atoms with Gasteiger partial charge in [0, 0.05) is 0 Å². The molecule has 0 aliphatic carbocycles. The van der Waals surface area contributed by atoms with E-state index in [-0.39, 0.29) is 6.42 Å². The van der Waals surface area contributed by atoms with Crippen LogP contribution in [0.15, 0.2) is 0 Å². The van der Waals surface area contributed by atoms with Crippen LogP contribution in [0.25, 0.3) is 0 Å². The lowest BCUT2D eigenvalue weighted by Gasteiger charge is -2.18. The van der Waals surface area contributed by atoms with Gasteiger partial charge in [-0.05, 0) is 6.42 Å². The molecule has 0 fully saturated rings. The van der Waals surface area contributed by atoms with Gasteiger partial charge in [-0.3, -0.25) is 14.4 Å². The number of hydrogen-bond donors (Lipinski definition) is 3. The minimum Gasteiger partial charge on any atom is -0.481 e. The zero-order valence-corrected chi connectivity index (χ0v) is 9.05. The smallest absolute Gasteiger partial charge is 0.307 e. The highest BCUT2D eigenvalue weighted by Gasteiger charge is 2.34. The molecule has 0 aromatic heterocycles. The van der Waals surface area contributed by atoms with Crippen molar-refractivity contribution in [3.63, 3.8) is 0 Å². The summed E-state index contributed by atoms with van der Waals surface area (Å²) in [6, 6.07) is 0. The van der Waals surface area contributed by atoms with Crippen molar-refractivity contribution in [3.8, 4) is 0 Å². The lowest BCUT2D eigenvalue weighted by Crippen LogP contribution is -2.31. The van der Waals surface area contributed by atoms with Gasteiger partial charge in [0.1, 0.15) is 0 Å². The van der Waals surface area contributed by atoms with Crippen molar-refractivity contribution in [1.82, 2.24) is 0 Å². The van der Waals surface area contributed by atoms with Gasteiger partial charge in [-0.25, -0.2) is 0 Å². The second-order valence-corrected chi connectivity index (χ2v) is 3.63. The minimum absolute atomic E-state index is 0.191. The molecule has 0 aromatic rings. The van der Waals surface area contributed by atoms with E-state index in [1.54, 1.807) is 0 Å². The summed E-state index contributed by atoms with van der Waals surface area (Å²) in [7, 11) is 0. The molecule has 3 N–H and O–H groups in total. The summed E-state index contributed by atoms with van der Waals surface area (Å²) in [6.45, 7) is 1.85. The van der Waals surface area contributed by atoms with Gasteiger partial charge >= 0.3 is 17.9 Å². The van der Waals surface area contributed by atoms with Gasteiger partial charge in [0.25, 0.3) is 0 Å². The number of unbranched alkanes of at least 4 members (excludes halogenated alkanes) is 1. The van der Waals surface area contributed by atoms with E-state index in [9.17, 15) is 14.4 Å². The van der Waals surface area contributed by atoms with Crippen LogP contribution in [-0.4, -0.2) is 33.2 Å². The molecule has 0 saturated heterocycles. The first-order valence-electron chi connectivity index (χ1n) is 5.07. The van der Waals surface area contributed by atoms with Crippen LogP contribution >= 0.6 is 0 Å². The summed E-state index contributed by atoms with van der Waals surface area (Å²) in [5.74, 6) is -6.40. The maximum Gasteiger partial charge on any atom is 0.307 e. The summed E-state index contributed by atoms with van der Waals surface area (Å²) in [5.41, 5.74) is 0. The zero-order chi connectivity index (χ0) is 12.7. The number of carboxylic acids is 3. The molecule has 0 aromatic carbocycles. The van der Waals surface area contributed by atoms with E-state index in [4.69, 9.17) is 15.3 Å². The Bertz CT molecular complexity index is 272. The molecule has 0 radical (unpaired) electrons. The third-order valence-electron chi connectivity index (χ3n) is 2.38. The summed E-state index contributed by atoms with van der Waals surface area (Å²) < 4.78 is 0. The van der Waals surface area contributed by atoms with Crippen LogP contribution in [0.5, 0.6) is 0 Å². The Balaban J connectivity index is 4.72. The Kier molecular flexibility index (Phi) is 6.14. The molecule has 6 nitrogen and oxygen atoms in total. The van der Waals surface area contributed by atoms with Crippen LogP contribution in [0.4, 0.5) is 0 Å². The van der Waals surface area contributed by atoms with Gasteiger partial charge in [0.15, 0.2) is 0 Å². The Hall–Kier alpha value is -1.59. The average molecular weight is 232 g/mol. The van der Waals surface area contributed by atoms with E-state index in [0.717, 1.165) is 6.42 Å². The second kappa shape index (κ2) is 6.81. The third kappa shape index (κ3) is 4.77. The number of carbonyl (C=O) groups is 3. The molecule has 0 aliphatic rings. The van der Waals surface area contributed by atoms with E-state index in [2.05, 4.69) is 0 Å². The van der Waals surface area contributed by atoms with Gasteiger partial charge in [-0.15, -0.1) is 0 Å². The molecule has 92 valence electrons. The van der Waals surface area contributed by atoms with Gasteiger partial charge in [-0.2, -0.15) is 0 Å². The zero-order valence-electron chi connectivity index (χ0n) is 9.05. The molecule has 0 aliphatic heterocycles. The highest BCUT2D eigenvalue weighted by molar-refractivity contribution is 5.83. The summed E-state index contributed by atoms with van der Waals surface area (Å²) in [5, 5.41) is 26.2. The predicted molar refractivity (Wildman–Crippen MR) is 54.0 cm³/mol. The molecule has 0 spiro atoms. The van der Waals surface area contributed by atoms with E-state index >= 15 is 0 Å². The van der Waals surface area contributed by atoms with Crippen molar-refractivity contribution < 1.29 is 29.7 Å². The maximum atomic E-state index is 10.9. The third-order valence-corrected chi connectivity index (χ3v) is 2.38. The first-order chi connectivity index (χ1) is 7.40. The molecule has 2 atom stereocenters. The van der Waals surface area contributed by atoms with Crippen LogP contribution in [0, 0.1) is 11.8 Å². The molecule has 0 rings (SSSR count). The lowest BCUT2D eigenvalue weighted by atomic mass is 9.85. The number of aliphatic carboxylic acids is 3. The largest absolute Gasteiger partial charge is 0.481 e.